The van der Waals surface area contributed by atoms with Gasteiger partial charge in [0.2, 0.25) is 0 Å². The Balaban J connectivity index is 2.58. The summed E-state index contributed by atoms with van der Waals surface area (Å²) in [6, 6.07) is 1.55. The molecule has 0 bridgehead atoms. The monoisotopic (exact) mass is 359 g/mol. The summed E-state index contributed by atoms with van der Waals surface area (Å²) in [6.07, 6.45) is 3.38. The maximum Gasteiger partial charge on any atom is 0.286 e. The predicted molar refractivity (Wildman–Crippen MR) is 77.6 cm³/mol. The molecular formula is C12H14IN3O2. The molecule has 0 aliphatic rings. The summed E-state index contributed by atoms with van der Waals surface area (Å²) < 4.78 is 2.11. The third kappa shape index (κ3) is 2.47. The van der Waals surface area contributed by atoms with Crippen LogP contribution in [0.1, 0.15) is 25.5 Å². The Hall–Kier alpha value is -1.18. The van der Waals surface area contributed by atoms with Crippen LogP contribution in [0.2, 0.25) is 0 Å². The lowest BCUT2D eigenvalue weighted by Gasteiger charge is -2.11. The summed E-state index contributed by atoms with van der Waals surface area (Å²) in [7, 11) is 0. The highest BCUT2D eigenvalue weighted by Crippen LogP contribution is 2.18. The molecular weight excluding hydrogens is 345 g/mol. The fourth-order valence-electron chi connectivity index (χ4n) is 1.66. The van der Waals surface area contributed by atoms with Gasteiger partial charge in [-0.05, 0) is 35.9 Å². The summed E-state index contributed by atoms with van der Waals surface area (Å²) in [6.45, 7) is 4.48. The number of aromatic nitrogens is 3. The minimum Gasteiger partial charge on any atom is -0.409 e. The van der Waals surface area contributed by atoms with Crippen molar-refractivity contribution < 1.29 is 4.84 Å². The normalized spacial score (nSPS) is 10.8. The first-order valence-electron chi connectivity index (χ1n) is 5.81. The minimum atomic E-state index is -0.193. The van der Waals surface area contributed by atoms with Crippen LogP contribution in [0.5, 0.6) is 0 Å². The lowest BCUT2D eigenvalue weighted by molar-refractivity contribution is 0.108. The van der Waals surface area contributed by atoms with E-state index in [1.165, 1.54) is 11.1 Å². The Morgan fingerprint density at radius 3 is 2.94 bits per heavy atom. The molecule has 2 rings (SSSR count). The van der Waals surface area contributed by atoms with E-state index in [9.17, 15) is 4.79 Å². The highest BCUT2D eigenvalue weighted by molar-refractivity contribution is 14.1. The summed E-state index contributed by atoms with van der Waals surface area (Å²) in [5, 5.41) is 0.870. The number of aryl methyl sites for hydroxylation is 1. The van der Waals surface area contributed by atoms with Crippen molar-refractivity contribution in [3.63, 3.8) is 0 Å². The van der Waals surface area contributed by atoms with Crippen LogP contribution in [-0.2, 0) is 0 Å². The van der Waals surface area contributed by atoms with Gasteiger partial charge >= 0.3 is 0 Å². The number of rotatable bonds is 4. The summed E-state index contributed by atoms with van der Waals surface area (Å²) in [5.41, 5.74) is 1.19. The number of pyridine rings is 1. The molecule has 0 radical (unpaired) electrons. The van der Waals surface area contributed by atoms with Gasteiger partial charge in [-0.15, -0.1) is 4.73 Å². The van der Waals surface area contributed by atoms with Crippen molar-refractivity contribution in [1.82, 2.24) is 14.7 Å². The van der Waals surface area contributed by atoms with E-state index in [1.807, 2.05) is 6.92 Å². The fraction of sp³-hybridized carbons (Fsp3) is 0.417. The molecule has 6 heteroatoms. The Kier molecular flexibility index (Phi) is 4.15. The highest BCUT2D eigenvalue weighted by atomic mass is 127. The molecule has 0 aromatic carbocycles. The van der Waals surface area contributed by atoms with E-state index in [-0.39, 0.29) is 5.56 Å². The molecule has 0 spiro atoms. The molecule has 0 aliphatic carbocycles. The third-order valence-electron chi connectivity index (χ3n) is 2.62. The van der Waals surface area contributed by atoms with E-state index in [0.29, 0.717) is 12.3 Å². The van der Waals surface area contributed by atoms with Crippen molar-refractivity contribution >= 4 is 33.6 Å². The molecule has 0 amide bonds. The second-order valence-corrected chi connectivity index (χ2v) is 5.13. The van der Waals surface area contributed by atoms with Gasteiger partial charge in [0.1, 0.15) is 12.9 Å². The SMILES string of the molecule is CCCCOn1c(=O)cc(I)c2c(C)ncnc21. The topological polar surface area (TPSA) is 57.0 Å². The number of fused-ring (bicyclic) bond motifs is 1. The molecule has 0 fully saturated rings. The molecule has 0 unspecified atom stereocenters. The second-order valence-electron chi connectivity index (χ2n) is 3.97. The first-order chi connectivity index (χ1) is 8.65. The largest absolute Gasteiger partial charge is 0.409 e. The molecule has 0 saturated carbocycles. The van der Waals surface area contributed by atoms with Crippen molar-refractivity contribution in [3.05, 3.63) is 32.0 Å². The van der Waals surface area contributed by atoms with E-state index in [4.69, 9.17) is 4.84 Å². The molecule has 2 aromatic rings. The van der Waals surface area contributed by atoms with Crippen LogP contribution >= 0.6 is 22.6 Å². The van der Waals surface area contributed by atoms with Gasteiger partial charge in [0, 0.05) is 9.64 Å². The van der Waals surface area contributed by atoms with Gasteiger partial charge in [-0.1, -0.05) is 13.3 Å². The quantitative estimate of drug-likeness (QED) is 0.619. The molecule has 5 nitrogen and oxygen atoms in total. The highest BCUT2D eigenvalue weighted by Gasteiger charge is 2.11. The summed E-state index contributed by atoms with van der Waals surface area (Å²) in [4.78, 5) is 25.8. The molecule has 0 N–H and O–H groups in total. The first kappa shape index (κ1) is 13.3. The zero-order valence-corrected chi connectivity index (χ0v) is 12.5. The van der Waals surface area contributed by atoms with Gasteiger partial charge in [0.05, 0.1) is 11.1 Å². The minimum absolute atomic E-state index is 0.193. The van der Waals surface area contributed by atoms with E-state index < -0.39 is 0 Å². The molecule has 18 heavy (non-hydrogen) atoms. The van der Waals surface area contributed by atoms with Crippen molar-refractivity contribution in [1.29, 1.82) is 0 Å². The fourth-order valence-corrected chi connectivity index (χ4v) is 2.56. The Bertz CT molecular complexity index is 624. The molecule has 2 aromatic heterocycles. The van der Waals surface area contributed by atoms with Gasteiger partial charge in [0.15, 0.2) is 5.65 Å². The predicted octanol–water partition coefficient (Wildman–Crippen LogP) is 1.93. The average molecular weight is 359 g/mol. The number of unbranched alkanes of at least 4 members (excludes halogenated alkanes) is 1. The van der Waals surface area contributed by atoms with Crippen molar-refractivity contribution in [2.75, 3.05) is 6.61 Å². The van der Waals surface area contributed by atoms with Crippen molar-refractivity contribution in [3.8, 4) is 0 Å². The molecule has 96 valence electrons. The van der Waals surface area contributed by atoms with Crippen LogP contribution < -0.4 is 10.4 Å². The van der Waals surface area contributed by atoms with E-state index in [1.54, 1.807) is 6.07 Å². The standard InChI is InChI=1S/C12H14IN3O2/c1-3-4-5-18-16-10(17)6-9(13)11-8(2)14-7-15-12(11)16/h6-7H,3-5H2,1-2H3. The Morgan fingerprint density at radius 1 is 1.44 bits per heavy atom. The molecule has 0 saturated heterocycles. The number of hydrogen-bond acceptors (Lipinski definition) is 4. The number of hydrogen-bond donors (Lipinski definition) is 0. The zero-order valence-electron chi connectivity index (χ0n) is 10.3. The van der Waals surface area contributed by atoms with Crippen LogP contribution in [0.3, 0.4) is 0 Å². The first-order valence-corrected chi connectivity index (χ1v) is 6.89. The summed E-state index contributed by atoms with van der Waals surface area (Å²) >= 11 is 2.12. The van der Waals surface area contributed by atoms with Crippen LogP contribution in [0, 0.1) is 10.5 Å². The van der Waals surface area contributed by atoms with E-state index in [0.717, 1.165) is 27.5 Å². The van der Waals surface area contributed by atoms with Gasteiger partial charge < -0.3 is 4.84 Å². The zero-order chi connectivity index (χ0) is 13.1. The van der Waals surface area contributed by atoms with Crippen molar-refractivity contribution in [2.24, 2.45) is 0 Å². The van der Waals surface area contributed by atoms with Crippen LogP contribution in [0.15, 0.2) is 17.2 Å². The van der Waals surface area contributed by atoms with Gasteiger partial charge in [-0.3, -0.25) is 4.79 Å². The Morgan fingerprint density at radius 2 is 2.22 bits per heavy atom. The molecule has 2 heterocycles. The van der Waals surface area contributed by atoms with Crippen LogP contribution in [0.25, 0.3) is 11.0 Å². The van der Waals surface area contributed by atoms with Crippen molar-refractivity contribution in [2.45, 2.75) is 26.7 Å². The van der Waals surface area contributed by atoms with Crippen LogP contribution in [-0.4, -0.2) is 21.3 Å². The van der Waals surface area contributed by atoms with Gasteiger partial charge in [0.25, 0.3) is 5.56 Å². The second kappa shape index (κ2) is 5.64. The Labute approximate surface area is 118 Å². The average Bonchev–Trinajstić information content (AvgIpc) is 2.33. The smallest absolute Gasteiger partial charge is 0.286 e. The number of halogens is 1. The lowest BCUT2D eigenvalue weighted by Crippen LogP contribution is -2.28. The van der Waals surface area contributed by atoms with E-state index in [2.05, 4.69) is 39.5 Å². The maximum atomic E-state index is 11.9. The molecule has 0 aliphatic heterocycles. The lowest BCUT2D eigenvalue weighted by atomic mass is 10.2. The van der Waals surface area contributed by atoms with Gasteiger partial charge in [-0.25, -0.2) is 9.97 Å². The maximum absolute atomic E-state index is 11.9. The van der Waals surface area contributed by atoms with Crippen LogP contribution in [0.4, 0.5) is 0 Å². The summed E-state index contributed by atoms with van der Waals surface area (Å²) in [5.74, 6) is 0. The van der Waals surface area contributed by atoms with Gasteiger partial charge in [-0.2, -0.15) is 0 Å². The van der Waals surface area contributed by atoms with E-state index >= 15 is 0 Å². The third-order valence-corrected chi connectivity index (χ3v) is 3.47. The number of nitrogens with zero attached hydrogens (tertiary/aromatic N) is 3. The molecule has 0 atom stereocenters.